The Labute approximate surface area is 136 Å². The number of esters is 2. The summed E-state index contributed by atoms with van der Waals surface area (Å²) in [6, 6.07) is 1.01. The molecular weight excluding hydrogens is 350 g/mol. The zero-order chi connectivity index (χ0) is 17.8. The van der Waals surface area contributed by atoms with E-state index in [1.165, 1.54) is 7.05 Å². The van der Waals surface area contributed by atoms with Gasteiger partial charge in [-0.1, -0.05) is 0 Å². The average Bonchev–Trinajstić information content (AvgIpc) is 2.96. The smallest absolute Gasteiger partial charge is 0.349 e. The van der Waals surface area contributed by atoms with Gasteiger partial charge in [0.05, 0.1) is 20.6 Å². The highest BCUT2D eigenvalue weighted by Gasteiger charge is 2.31. The number of carboxylic acid groups (broad SMARTS) is 1. The standard InChI is InChI=1S/C12H15NO8S2/c1-13(5-4-9(14)15)23(18,19)8-6-7(11(16)20-2)22-10(8)12(17)21-3/h6H,4-5H2,1-3H3,(H,14,15). The molecule has 11 heteroatoms. The maximum atomic E-state index is 12.5. The molecule has 0 amide bonds. The topological polar surface area (TPSA) is 127 Å². The minimum atomic E-state index is -4.17. The predicted molar refractivity (Wildman–Crippen MR) is 79.1 cm³/mol. The SMILES string of the molecule is COC(=O)c1cc(S(=O)(=O)N(C)CCC(=O)O)c(C(=O)OC)s1. The van der Waals surface area contributed by atoms with Gasteiger partial charge in [0.1, 0.15) is 14.6 Å². The second-order valence-electron chi connectivity index (χ2n) is 4.26. The highest BCUT2D eigenvalue weighted by atomic mass is 32.2. The molecule has 1 aromatic rings. The summed E-state index contributed by atoms with van der Waals surface area (Å²) >= 11 is 0.622. The van der Waals surface area contributed by atoms with Gasteiger partial charge >= 0.3 is 17.9 Å². The fourth-order valence-corrected chi connectivity index (χ4v) is 4.20. The first-order chi connectivity index (χ1) is 10.6. The van der Waals surface area contributed by atoms with Crippen molar-refractivity contribution in [2.75, 3.05) is 27.8 Å². The van der Waals surface area contributed by atoms with Gasteiger partial charge in [-0.05, 0) is 6.07 Å². The normalized spacial score (nSPS) is 11.3. The molecule has 0 aliphatic rings. The van der Waals surface area contributed by atoms with Crippen molar-refractivity contribution in [1.29, 1.82) is 0 Å². The van der Waals surface area contributed by atoms with Crippen LogP contribution < -0.4 is 0 Å². The Hall–Kier alpha value is -1.98. The van der Waals surface area contributed by atoms with Gasteiger partial charge in [-0.25, -0.2) is 22.3 Å². The van der Waals surface area contributed by atoms with Crippen LogP contribution >= 0.6 is 11.3 Å². The Bertz CT molecular complexity index is 721. The summed E-state index contributed by atoms with van der Waals surface area (Å²) in [5.41, 5.74) is 0. The zero-order valence-corrected chi connectivity index (χ0v) is 14.2. The van der Waals surface area contributed by atoms with Crippen molar-refractivity contribution in [2.45, 2.75) is 11.3 Å². The molecule has 23 heavy (non-hydrogen) atoms. The largest absolute Gasteiger partial charge is 0.481 e. The molecule has 0 saturated carbocycles. The highest BCUT2D eigenvalue weighted by Crippen LogP contribution is 2.30. The summed E-state index contributed by atoms with van der Waals surface area (Å²) in [6.45, 7) is -0.290. The molecule has 0 bridgehead atoms. The summed E-state index contributed by atoms with van der Waals surface area (Å²) in [6.07, 6.45) is -0.405. The van der Waals surface area contributed by atoms with Crippen LogP contribution in [0.2, 0.25) is 0 Å². The van der Waals surface area contributed by atoms with Crippen LogP contribution in [-0.2, 0) is 24.3 Å². The van der Waals surface area contributed by atoms with Crippen LogP contribution in [0.25, 0.3) is 0 Å². The van der Waals surface area contributed by atoms with Crippen LogP contribution in [0.3, 0.4) is 0 Å². The minimum Gasteiger partial charge on any atom is -0.481 e. The number of rotatable bonds is 7. The van der Waals surface area contributed by atoms with Crippen molar-refractivity contribution < 1.29 is 37.4 Å². The summed E-state index contributed by atoms with van der Waals surface area (Å²) in [5, 5.41) is 8.63. The number of carbonyl (C=O) groups is 3. The van der Waals surface area contributed by atoms with Crippen LogP contribution in [0.5, 0.6) is 0 Å². The molecule has 0 aliphatic heterocycles. The summed E-state index contributed by atoms with van der Waals surface area (Å²) in [5.74, 6) is -2.88. The maximum absolute atomic E-state index is 12.5. The molecule has 0 spiro atoms. The Morgan fingerprint density at radius 2 is 1.78 bits per heavy atom. The first kappa shape index (κ1) is 19.1. The quantitative estimate of drug-likeness (QED) is 0.689. The van der Waals surface area contributed by atoms with Gasteiger partial charge in [0, 0.05) is 13.6 Å². The maximum Gasteiger partial charge on any atom is 0.349 e. The van der Waals surface area contributed by atoms with Crippen molar-refractivity contribution in [2.24, 2.45) is 0 Å². The van der Waals surface area contributed by atoms with E-state index in [0.29, 0.717) is 11.3 Å². The van der Waals surface area contributed by atoms with Gasteiger partial charge in [-0.2, -0.15) is 0 Å². The molecule has 1 aromatic heterocycles. The first-order valence-corrected chi connectivity index (χ1v) is 8.39. The van der Waals surface area contributed by atoms with Crippen molar-refractivity contribution in [3.63, 3.8) is 0 Å². The fourth-order valence-electron chi connectivity index (χ4n) is 1.54. The lowest BCUT2D eigenvalue weighted by atomic mass is 10.4. The van der Waals surface area contributed by atoms with Crippen LogP contribution in [0.1, 0.15) is 25.8 Å². The van der Waals surface area contributed by atoms with E-state index in [9.17, 15) is 22.8 Å². The summed E-state index contributed by atoms with van der Waals surface area (Å²) in [7, 11) is -0.802. The number of ether oxygens (including phenoxy) is 2. The molecule has 1 N–H and O–H groups in total. The molecule has 0 unspecified atom stereocenters. The molecule has 0 aromatic carbocycles. The number of hydrogen-bond donors (Lipinski definition) is 1. The van der Waals surface area contributed by atoms with Gasteiger partial charge in [-0.15, -0.1) is 11.3 Å². The number of thiophene rings is 1. The van der Waals surface area contributed by atoms with Gasteiger partial charge in [-0.3, -0.25) is 4.79 Å². The van der Waals surface area contributed by atoms with E-state index in [1.54, 1.807) is 0 Å². The number of aliphatic carboxylic acids is 1. The number of hydrogen-bond acceptors (Lipinski definition) is 8. The lowest BCUT2D eigenvalue weighted by Gasteiger charge is -2.15. The third-order valence-electron chi connectivity index (χ3n) is 2.78. The molecule has 9 nitrogen and oxygen atoms in total. The van der Waals surface area contributed by atoms with Crippen molar-refractivity contribution in [3.05, 3.63) is 15.8 Å². The molecule has 0 atom stereocenters. The van der Waals surface area contributed by atoms with E-state index < -0.39 is 39.2 Å². The van der Waals surface area contributed by atoms with E-state index in [0.717, 1.165) is 24.6 Å². The van der Waals surface area contributed by atoms with Gasteiger partial charge in [0.25, 0.3) is 0 Å². The van der Waals surface area contributed by atoms with E-state index >= 15 is 0 Å². The number of carbonyl (C=O) groups excluding carboxylic acids is 2. The Morgan fingerprint density at radius 3 is 2.26 bits per heavy atom. The van der Waals surface area contributed by atoms with E-state index in [2.05, 4.69) is 9.47 Å². The molecule has 0 fully saturated rings. The van der Waals surface area contributed by atoms with E-state index in [1.807, 2.05) is 0 Å². The summed E-state index contributed by atoms with van der Waals surface area (Å²) in [4.78, 5) is 33.1. The van der Waals surface area contributed by atoms with E-state index in [-0.39, 0.29) is 16.3 Å². The van der Waals surface area contributed by atoms with Crippen molar-refractivity contribution >= 4 is 39.3 Å². The summed E-state index contributed by atoms with van der Waals surface area (Å²) < 4.78 is 34.8. The van der Waals surface area contributed by atoms with Gasteiger partial charge in [0.2, 0.25) is 10.0 Å². The van der Waals surface area contributed by atoms with Crippen LogP contribution in [-0.4, -0.2) is 63.5 Å². The zero-order valence-electron chi connectivity index (χ0n) is 12.6. The molecule has 128 valence electrons. The van der Waals surface area contributed by atoms with Crippen LogP contribution in [0, 0.1) is 0 Å². The van der Waals surface area contributed by atoms with Gasteiger partial charge < -0.3 is 14.6 Å². The Morgan fingerprint density at radius 1 is 1.22 bits per heavy atom. The number of methoxy groups -OCH3 is 2. The molecule has 0 aliphatic carbocycles. The second kappa shape index (κ2) is 7.53. The number of carboxylic acids is 1. The third-order valence-corrected chi connectivity index (χ3v) is 5.89. The lowest BCUT2D eigenvalue weighted by Crippen LogP contribution is -2.30. The molecule has 1 heterocycles. The van der Waals surface area contributed by atoms with Crippen LogP contribution in [0.4, 0.5) is 0 Å². The third kappa shape index (κ3) is 4.27. The molecule has 1 rings (SSSR count). The monoisotopic (exact) mass is 365 g/mol. The van der Waals surface area contributed by atoms with E-state index in [4.69, 9.17) is 5.11 Å². The Balaban J connectivity index is 3.32. The van der Waals surface area contributed by atoms with Crippen molar-refractivity contribution in [1.82, 2.24) is 4.31 Å². The fraction of sp³-hybridized carbons (Fsp3) is 0.417. The van der Waals surface area contributed by atoms with Crippen LogP contribution in [0.15, 0.2) is 11.0 Å². The number of nitrogens with zero attached hydrogens (tertiary/aromatic N) is 1. The molecule has 0 radical (unpaired) electrons. The number of sulfonamides is 1. The Kier molecular flexibility index (Phi) is 6.24. The average molecular weight is 365 g/mol. The minimum absolute atomic E-state index is 0.0851. The first-order valence-electron chi connectivity index (χ1n) is 6.13. The highest BCUT2D eigenvalue weighted by molar-refractivity contribution is 7.89. The van der Waals surface area contributed by atoms with Gasteiger partial charge in [0.15, 0.2) is 0 Å². The lowest BCUT2D eigenvalue weighted by molar-refractivity contribution is -0.137. The second-order valence-corrected chi connectivity index (χ2v) is 7.32. The van der Waals surface area contributed by atoms with Crippen molar-refractivity contribution in [3.8, 4) is 0 Å². The molecule has 0 saturated heterocycles. The molecular formula is C12H15NO8S2. The predicted octanol–water partition coefficient (Wildman–Crippen LogP) is 0.417.